The molecule has 1 aromatic carbocycles. The van der Waals surface area contributed by atoms with Gasteiger partial charge in [0, 0.05) is 25.9 Å². The van der Waals surface area contributed by atoms with Gasteiger partial charge in [-0.3, -0.25) is 0 Å². The molecule has 0 aliphatic carbocycles. The second kappa shape index (κ2) is 6.78. The van der Waals surface area contributed by atoms with Crippen LogP contribution < -0.4 is 4.90 Å². The van der Waals surface area contributed by atoms with Crippen molar-refractivity contribution in [3.05, 3.63) is 33.7 Å². The van der Waals surface area contributed by atoms with E-state index in [4.69, 9.17) is 4.74 Å². The molecule has 0 radical (unpaired) electrons. The molecule has 2 rings (SSSR count). The summed E-state index contributed by atoms with van der Waals surface area (Å²) in [6.45, 7) is 11.2. The summed E-state index contributed by atoms with van der Waals surface area (Å²) < 4.78 is 5.25. The van der Waals surface area contributed by atoms with Gasteiger partial charge >= 0.3 is 0 Å². The van der Waals surface area contributed by atoms with Gasteiger partial charge in [-0.05, 0) is 47.9 Å². The molecule has 4 heteroatoms. The molecule has 1 aliphatic heterocycles. The molecular weight excluding hydrogens is 276 g/mol. The number of hydrogen-bond donors (Lipinski definition) is 0. The fraction of sp³-hybridized carbons (Fsp3) is 0.667. The van der Waals surface area contributed by atoms with Crippen LogP contribution >= 0.6 is 0 Å². The summed E-state index contributed by atoms with van der Waals surface area (Å²) >= 11 is 0. The first-order valence-corrected chi connectivity index (χ1v) is 8.18. The van der Waals surface area contributed by atoms with Crippen LogP contribution in [0, 0.1) is 4.91 Å². The second-order valence-electron chi connectivity index (χ2n) is 6.82. The summed E-state index contributed by atoms with van der Waals surface area (Å²) in [6, 6.07) is 4.19. The fourth-order valence-corrected chi connectivity index (χ4v) is 3.31. The normalized spacial score (nSPS) is 18.0. The zero-order valence-electron chi connectivity index (χ0n) is 14.5. The van der Waals surface area contributed by atoms with Crippen LogP contribution in [-0.2, 0) is 16.6 Å². The molecule has 22 heavy (non-hydrogen) atoms. The van der Waals surface area contributed by atoms with Crippen LogP contribution in [0.2, 0.25) is 0 Å². The Morgan fingerprint density at radius 1 is 1.41 bits per heavy atom. The zero-order valence-corrected chi connectivity index (χ0v) is 14.5. The van der Waals surface area contributed by atoms with Gasteiger partial charge in [-0.25, -0.2) is 0 Å². The van der Waals surface area contributed by atoms with Gasteiger partial charge < -0.3 is 9.64 Å². The molecule has 1 aromatic rings. The first-order chi connectivity index (χ1) is 10.4. The first kappa shape index (κ1) is 16.9. The smallest absolute Gasteiger partial charge is 0.114 e. The summed E-state index contributed by atoms with van der Waals surface area (Å²) in [7, 11) is 1.73. The lowest BCUT2D eigenvalue weighted by atomic mass is 9.76. The second-order valence-corrected chi connectivity index (χ2v) is 6.82. The van der Waals surface area contributed by atoms with Crippen LogP contribution in [-0.4, -0.2) is 26.8 Å². The van der Waals surface area contributed by atoms with E-state index in [2.05, 4.69) is 43.0 Å². The van der Waals surface area contributed by atoms with Crippen LogP contribution in [0.25, 0.3) is 0 Å². The van der Waals surface area contributed by atoms with Crippen LogP contribution in [0.5, 0.6) is 0 Å². The summed E-state index contributed by atoms with van der Waals surface area (Å²) in [5, 5.41) is 3.25. The number of anilines is 1. The van der Waals surface area contributed by atoms with E-state index in [1.54, 1.807) is 7.11 Å². The number of rotatable bonds is 6. The maximum atomic E-state index is 11.0. The maximum absolute atomic E-state index is 11.0. The number of aryl methyl sites for hydroxylation is 1. The summed E-state index contributed by atoms with van der Waals surface area (Å²) in [6.07, 6.45) is 2.06. The third kappa shape index (κ3) is 3.17. The van der Waals surface area contributed by atoms with Gasteiger partial charge in [0.05, 0.1) is 6.61 Å². The molecule has 0 saturated carbocycles. The van der Waals surface area contributed by atoms with Gasteiger partial charge in [-0.1, -0.05) is 32.0 Å². The van der Waals surface area contributed by atoms with Crippen molar-refractivity contribution in [3.8, 4) is 0 Å². The van der Waals surface area contributed by atoms with E-state index in [-0.39, 0.29) is 11.5 Å². The van der Waals surface area contributed by atoms with Crippen LogP contribution in [0.4, 0.5) is 5.69 Å². The number of hydrogen-bond acceptors (Lipinski definition) is 4. The van der Waals surface area contributed by atoms with Gasteiger partial charge in [-0.15, -0.1) is 0 Å². The predicted octanol–water partition coefficient (Wildman–Crippen LogP) is 4.21. The Balaban J connectivity index is 2.54. The van der Waals surface area contributed by atoms with Crippen molar-refractivity contribution in [2.24, 2.45) is 5.18 Å². The predicted molar refractivity (Wildman–Crippen MR) is 91.8 cm³/mol. The summed E-state index contributed by atoms with van der Waals surface area (Å²) in [4.78, 5) is 13.4. The Bertz CT molecular complexity index is 540. The third-order valence-electron chi connectivity index (χ3n) is 4.89. The SMILES string of the molecule is CCc1cc2c(cc1C(C)N=O)N(CCOC)CCC2(C)C. The van der Waals surface area contributed by atoms with Crippen molar-refractivity contribution < 1.29 is 4.74 Å². The van der Waals surface area contributed by atoms with E-state index in [0.29, 0.717) is 6.61 Å². The Morgan fingerprint density at radius 3 is 2.73 bits per heavy atom. The molecule has 1 heterocycles. The molecule has 0 fully saturated rings. The topological polar surface area (TPSA) is 41.9 Å². The highest BCUT2D eigenvalue weighted by Crippen LogP contribution is 2.42. The molecule has 122 valence electrons. The fourth-order valence-electron chi connectivity index (χ4n) is 3.31. The lowest BCUT2D eigenvalue weighted by Crippen LogP contribution is -2.39. The third-order valence-corrected chi connectivity index (χ3v) is 4.89. The number of fused-ring (bicyclic) bond motifs is 1. The minimum Gasteiger partial charge on any atom is -0.383 e. The van der Waals surface area contributed by atoms with E-state index in [1.165, 1.54) is 16.8 Å². The van der Waals surface area contributed by atoms with E-state index in [0.717, 1.165) is 31.5 Å². The number of methoxy groups -OCH3 is 1. The van der Waals surface area contributed by atoms with E-state index >= 15 is 0 Å². The first-order valence-electron chi connectivity index (χ1n) is 8.18. The van der Waals surface area contributed by atoms with Gasteiger partial charge in [-0.2, -0.15) is 4.91 Å². The number of nitroso groups, excluding NO2 is 1. The summed E-state index contributed by atoms with van der Waals surface area (Å²) in [5.41, 5.74) is 5.10. The van der Waals surface area contributed by atoms with Gasteiger partial charge in [0.15, 0.2) is 0 Å². The lowest BCUT2D eigenvalue weighted by Gasteiger charge is -2.41. The van der Waals surface area contributed by atoms with Crippen LogP contribution in [0.1, 0.15) is 56.8 Å². The Morgan fingerprint density at radius 2 is 2.14 bits per heavy atom. The molecule has 1 unspecified atom stereocenters. The molecule has 0 amide bonds. The molecule has 1 aliphatic rings. The van der Waals surface area contributed by atoms with Crippen LogP contribution in [0.15, 0.2) is 17.3 Å². The van der Waals surface area contributed by atoms with Crippen molar-refractivity contribution >= 4 is 5.69 Å². The lowest BCUT2D eigenvalue weighted by molar-refractivity contribution is 0.204. The highest BCUT2D eigenvalue weighted by molar-refractivity contribution is 5.62. The Hall–Kier alpha value is -1.42. The Kier molecular flexibility index (Phi) is 5.22. The highest BCUT2D eigenvalue weighted by Gasteiger charge is 2.32. The van der Waals surface area contributed by atoms with Crippen LogP contribution in [0.3, 0.4) is 0 Å². The summed E-state index contributed by atoms with van der Waals surface area (Å²) in [5.74, 6) is 0. The largest absolute Gasteiger partial charge is 0.383 e. The molecule has 1 atom stereocenters. The minimum absolute atomic E-state index is 0.166. The molecule has 0 spiro atoms. The average molecular weight is 304 g/mol. The van der Waals surface area contributed by atoms with E-state index < -0.39 is 0 Å². The Labute approximate surface area is 133 Å². The van der Waals surface area contributed by atoms with Gasteiger partial charge in [0.2, 0.25) is 0 Å². The van der Waals surface area contributed by atoms with Gasteiger partial charge in [0.25, 0.3) is 0 Å². The average Bonchev–Trinajstić information content (AvgIpc) is 2.52. The standard InChI is InChI=1S/C18H28N2O2/c1-6-14-11-16-17(12-15(14)13(2)19-21)20(9-10-22-5)8-7-18(16,3)4/h11-13H,6-10H2,1-5H3. The number of benzene rings is 1. The van der Waals surface area contributed by atoms with Crippen molar-refractivity contribution in [1.29, 1.82) is 0 Å². The minimum atomic E-state index is -0.297. The molecular formula is C18H28N2O2. The van der Waals surface area contributed by atoms with Crippen molar-refractivity contribution in [3.63, 3.8) is 0 Å². The highest BCUT2D eigenvalue weighted by atomic mass is 16.5. The quantitative estimate of drug-likeness (QED) is 0.739. The molecule has 0 N–H and O–H groups in total. The number of nitrogens with zero attached hydrogens (tertiary/aromatic N) is 2. The van der Waals surface area contributed by atoms with Crippen molar-refractivity contribution in [1.82, 2.24) is 0 Å². The molecule has 0 saturated heterocycles. The van der Waals surface area contributed by atoms with E-state index in [9.17, 15) is 4.91 Å². The molecule has 0 bridgehead atoms. The van der Waals surface area contributed by atoms with Crippen molar-refractivity contribution in [2.45, 2.75) is 52.0 Å². The van der Waals surface area contributed by atoms with Crippen molar-refractivity contribution in [2.75, 3.05) is 31.7 Å². The van der Waals surface area contributed by atoms with E-state index in [1.807, 2.05) is 6.92 Å². The zero-order chi connectivity index (χ0) is 16.3. The monoisotopic (exact) mass is 304 g/mol. The number of ether oxygens (including phenoxy) is 1. The van der Waals surface area contributed by atoms with Gasteiger partial charge in [0.1, 0.15) is 6.04 Å². The molecule has 4 nitrogen and oxygen atoms in total. The molecule has 0 aromatic heterocycles. The maximum Gasteiger partial charge on any atom is 0.114 e.